The van der Waals surface area contributed by atoms with E-state index in [0.717, 1.165) is 28.5 Å². The molecule has 0 unspecified atom stereocenters. The molecule has 4 rings (SSSR count). The Hall–Kier alpha value is -2.94. The third-order valence-corrected chi connectivity index (χ3v) is 6.88. The van der Waals surface area contributed by atoms with Crippen LogP contribution in [0.1, 0.15) is 5.56 Å². The summed E-state index contributed by atoms with van der Waals surface area (Å²) in [5, 5.41) is 11.6. The van der Waals surface area contributed by atoms with Gasteiger partial charge in [-0.1, -0.05) is 66.4 Å². The summed E-state index contributed by atoms with van der Waals surface area (Å²) >= 11 is 3.06. The lowest BCUT2D eigenvalue weighted by molar-refractivity contribution is -0.129. The average molecular weight is 478 g/mol. The molecule has 1 amide bonds. The summed E-state index contributed by atoms with van der Waals surface area (Å²) in [6, 6.07) is 24.2. The van der Waals surface area contributed by atoms with Gasteiger partial charge in [-0.3, -0.25) is 9.36 Å². The number of benzene rings is 2. The normalized spacial score (nSPS) is 11.1. The summed E-state index contributed by atoms with van der Waals surface area (Å²) in [4.78, 5) is 18.3. The second kappa shape index (κ2) is 11.3. The van der Waals surface area contributed by atoms with E-state index in [1.165, 1.54) is 11.8 Å². The zero-order valence-corrected chi connectivity index (χ0v) is 20.4. The Morgan fingerprint density at radius 1 is 0.939 bits per heavy atom. The summed E-state index contributed by atoms with van der Waals surface area (Å²) in [6.07, 6.45) is 0. The van der Waals surface area contributed by atoms with E-state index in [1.54, 1.807) is 11.3 Å². The Labute approximate surface area is 202 Å². The van der Waals surface area contributed by atoms with E-state index in [9.17, 15) is 4.79 Å². The molecule has 0 spiro atoms. The van der Waals surface area contributed by atoms with Gasteiger partial charge in [0.2, 0.25) is 5.91 Å². The molecule has 0 aliphatic heterocycles. The van der Waals surface area contributed by atoms with E-state index in [-0.39, 0.29) is 5.91 Å². The molecule has 0 N–H and O–H groups in total. The molecule has 8 heteroatoms. The first kappa shape index (κ1) is 23.2. The maximum absolute atomic E-state index is 13.2. The van der Waals surface area contributed by atoms with Gasteiger partial charge < -0.3 is 9.80 Å². The zero-order chi connectivity index (χ0) is 23.0. The highest BCUT2D eigenvalue weighted by atomic mass is 32.2. The lowest BCUT2D eigenvalue weighted by Gasteiger charge is -2.24. The van der Waals surface area contributed by atoms with Gasteiger partial charge in [0.05, 0.1) is 10.6 Å². The lowest BCUT2D eigenvalue weighted by Crippen LogP contribution is -2.37. The van der Waals surface area contributed by atoms with Crippen molar-refractivity contribution in [1.29, 1.82) is 0 Å². The van der Waals surface area contributed by atoms with E-state index in [0.29, 0.717) is 24.0 Å². The van der Waals surface area contributed by atoms with Crippen LogP contribution < -0.4 is 0 Å². The first-order chi connectivity index (χ1) is 16.1. The monoisotopic (exact) mass is 477 g/mol. The first-order valence-corrected chi connectivity index (χ1v) is 12.6. The smallest absolute Gasteiger partial charge is 0.233 e. The fourth-order valence-corrected chi connectivity index (χ4v) is 4.93. The van der Waals surface area contributed by atoms with Gasteiger partial charge in [0.1, 0.15) is 0 Å². The van der Waals surface area contributed by atoms with Crippen molar-refractivity contribution in [2.45, 2.75) is 11.7 Å². The molecule has 0 saturated carbocycles. The van der Waals surface area contributed by atoms with Crippen LogP contribution in [-0.4, -0.2) is 63.4 Å². The predicted octanol–water partition coefficient (Wildman–Crippen LogP) is 4.68. The molecule has 0 fully saturated rings. The third kappa shape index (κ3) is 6.10. The van der Waals surface area contributed by atoms with Crippen molar-refractivity contribution in [2.75, 3.05) is 32.9 Å². The Bertz CT molecular complexity index is 1140. The van der Waals surface area contributed by atoms with E-state index >= 15 is 0 Å². The summed E-state index contributed by atoms with van der Waals surface area (Å²) in [5.74, 6) is 1.18. The largest absolute Gasteiger partial charge is 0.336 e. The number of carbonyl (C=O) groups excluding carboxylic acids is 1. The molecule has 0 bridgehead atoms. The van der Waals surface area contributed by atoms with Crippen LogP contribution in [0.15, 0.2) is 83.3 Å². The highest BCUT2D eigenvalue weighted by Gasteiger charge is 2.20. The maximum atomic E-state index is 13.2. The SMILES string of the molecule is CN(C)CCN(Cc1ccccc1)C(=O)CSc1nnc(-c2cccs2)n1-c1ccccc1. The van der Waals surface area contributed by atoms with E-state index < -0.39 is 0 Å². The van der Waals surface area contributed by atoms with Gasteiger partial charge in [0, 0.05) is 25.3 Å². The molecule has 0 aliphatic carbocycles. The van der Waals surface area contributed by atoms with E-state index in [4.69, 9.17) is 0 Å². The van der Waals surface area contributed by atoms with Crippen LogP contribution in [-0.2, 0) is 11.3 Å². The molecular weight excluding hydrogens is 450 g/mol. The molecule has 2 heterocycles. The first-order valence-electron chi connectivity index (χ1n) is 10.8. The molecule has 0 saturated heterocycles. The quantitative estimate of drug-likeness (QED) is 0.311. The van der Waals surface area contributed by atoms with Gasteiger partial charge in [-0.25, -0.2) is 0 Å². The molecule has 0 atom stereocenters. The van der Waals surface area contributed by atoms with Crippen molar-refractivity contribution in [3.8, 4) is 16.4 Å². The number of hydrogen-bond donors (Lipinski definition) is 0. The number of aromatic nitrogens is 3. The number of nitrogens with zero attached hydrogens (tertiary/aromatic N) is 5. The number of para-hydroxylation sites is 1. The molecule has 6 nitrogen and oxygen atoms in total. The van der Waals surface area contributed by atoms with Crippen LogP contribution in [0.25, 0.3) is 16.4 Å². The van der Waals surface area contributed by atoms with Gasteiger partial charge >= 0.3 is 0 Å². The lowest BCUT2D eigenvalue weighted by atomic mass is 10.2. The Balaban J connectivity index is 1.54. The van der Waals surface area contributed by atoms with Crippen LogP contribution >= 0.6 is 23.1 Å². The Morgan fingerprint density at radius 2 is 1.67 bits per heavy atom. The van der Waals surface area contributed by atoms with Gasteiger partial charge in [-0.05, 0) is 43.2 Å². The van der Waals surface area contributed by atoms with Crippen LogP contribution in [0, 0.1) is 0 Å². The van der Waals surface area contributed by atoms with Crippen molar-refractivity contribution >= 4 is 29.0 Å². The number of thiophene rings is 1. The molecular formula is C25H27N5OS2. The second-order valence-electron chi connectivity index (χ2n) is 7.85. The number of hydrogen-bond acceptors (Lipinski definition) is 6. The van der Waals surface area contributed by atoms with Crippen LogP contribution in [0.4, 0.5) is 0 Å². The number of likely N-dealkylation sites (N-methyl/N-ethyl adjacent to an activating group) is 1. The van der Waals surface area contributed by atoms with E-state index in [1.807, 2.05) is 89.6 Å². The fourth-order valence-electron chi connectivity index (χ4n) is 3.37. The highest BCUT2D eigenvalue weighted by Crippen LogP contribution is 2.30. The van der Waals surface area contributed by atoms with Gasteiger partial charge in [-0.2, -0.15) is 0 Å². The molecule has 170 valence electrons. The van der Waals surface area contributed by atoms with Crippen molar-refractivity contribution in [1.82, 2.24) is 24.6 Å². The minimum absolute atomic E-state index is 0.0889. The summed E-state index contributed by atoms with van der Waals surface area (Å²) in [5.41, 5.74) is 2.11. The minimum Gasteiger partial charge on any atom is -0.336 e. The number of amides is 1. The molecule has 0 radical (unpaired) electrons. The Morgan fingerprint density at radius 3 is 2.33 bits per heavy atom. The molecule has 0 aliphatic rings. The topological polar surface area (TPSA) is 54.3 Å². The molecule has 2 aromatic carbocycles. The van der Waals surface area contributed by atoms with Gasteiger partial charge in [-0.15, -0.1) is 21.5 Å². The second-order valence-corrected chi connectivity index (χ2v) is 9.74. The van der Waals surface area contributed by atoms with E-state index in [2.05, 4.69) is 27.2 Å². The highest BCUT2D eigenvalue weighted by molar-refractivity contribution is 7.99. The average Bonchev–Trinajstić information content (AvgIpc) is 3.51. The van der Waals surface area contributed by atoms with Gasteiger partial charge in [0.25, 0.3) is 0 Å². The van der Waals surface area contributed by atoms with Crippen LogP contribution in [0.2, 0.25) is 0 Å². The summed E-state index contributed by atoms with van der Waals surface area (Å²) in [7, 11) is 4.04. The van der Waals surface area contributed by atoms with Crippen molar-refractivity contribution < 1.29 is 4.79 Å². The van der Waals surface area contributed by atoms with Crippen molar-refractivity contribution in [3.63, 3.8) is 0 Å². The predicted molar refractivity (Wildman–Crippen MR) is 136 cm³/mol. The fraction of sp³-hybridized carbons (Fsp3) is 0.240. The minimum atomic E-state index is 0.0889. The van der Waals surface area contributed by atoms with Crippen LogP contribution in [0.5, 0.6) is 0 Å². The van der Waals surface area contributed by atoms with Crippen molar-refractivity contribution in [2.24, 2.45) is 0 Å². The van der Waals surface area contributed by atoms with Gasteiger partial charge in [0.15, 0.2) is 11.0 Å². The molecule has 4 aromatic rings. The van der Waals surface area contributed by atoms with Crippen LogP contribution in [0.3, 0.4) is 0 Å². The third-order valence-electron chi connectivity index (χ3n) is 5.10. The molecule has 33 heavy (non-hydrogen) atoms. The standard InChI is InChI=1S/C25H27N5OS2/c1-28(2)15-16-29(18-20-10-5-3-6-11-20)23(31)19-33-25-27-26-24(22-14-9-17-32-22)30(25)21-12-7-4-8-13-21/h3-14,17H,15-16,18-19H2,1-2H3. The maximum Gasteiger partial charge on any atom is 0.233 e. The summed E-state index contributed by atoms with van der Waals surface area (Å²) < 4.78 is 2.03. The number of rotatable bonds is 10. The zero-order valence-electron chi connectivity index (χ0n) is 18.8. The summed E-state index contributed by atoms with van der Waals surface area (Å²) in [6.45, 7) is 2.08. The number of carbonyl (C=O) groups is 1. The Kier molecular flexibility index (Phi) is 7.93. The van der Waals surface area contributed by atoms with Crippen molar-refractivity contribution in [3.05, 3.63) is 83.7 Å². The number of thioether (sulfide) groups is 1. The molecule has 2 aromatic heterocycles.